The van der Waals surface area contributed by atoms with Gasteiger partial charge in [-0.05, 0) is 62.7 Å². The maximum atomic E-state index is 14.2. The highest BCUT2D eigenvalue weighted by atomic mass is 35.5. The van der Waals surface area contributed by atoms with E-state index in [1.54, 1.807) is 31.4 Å². The third-order valence-electron chi connectivity index (χ3n) is 8.23. The molecule has 6 rings (SSSR count). The highest BCUT2D eigenvalue weighted by Gasteiger charge is 2.27. The van der Waals surface area contributed by atoms with Crippen molar-refractivity contribution >= 4 is 28.6 Å². The van der Waals surface area contributed by atoms with Crippen LogP contribution in [-0.2, 0) is 29.2 Å². The van der Waals surface area contributed by atoms with Crippen LogP contribution in [0.3, 0.4) is 0 Å². The van der Waals surface area contributed by atoms with E-state index >= 15 is 0 Å². The van der Waals surface area contributed by atoms with E-state index in [0.29, 0.717) is 40.9 Å². The van der Waals surface area contributed by atoms with Crippen LogP contribution in [0.1, 0.15) is 52.6 Å². The number of hydrogen-bond acceptors (Lipinski definition) is 8. The monoisotopic (exact) mass is 608 g/mol. The molecule has 0 amide bonds. The van der Waals surface area contributed by atoms with Gasteiger partial charge in [0.25, 0.3) is 0 Å². The molecule has 0 radical (unpaired) electrons. The number of aromatic nitrogens is 3. The Morgan fingerprint density at radius 2 is 1.91 bits per heavy atom. The van der Waals surface area contributed by atoms with Gasteiger partial charge in [0.15, 0.2) is 0 Å². The molecule has 43 heavy (non-hydrogen) atoms. The molecule has 0 N–H and O–H groups in total. The Balaban J connectivity index is 1.14. The van der Waals surface area contributed by atoms with Crippen molar-refractivity contribution in [1.29, 1.82) is 0 Å². The van der Waals surface area contributed by atoms with E-state index in [2.05, 4.69) is 9.47 Å². The molecule has 0 spiro atoms. The Bertz CT molecular complexity index is 1620. The van der Waals surface area contributed by atoms with Gasteiger partial charge >= 0.3 is 5.97 Å². The predicted octanol–water partition coefficient (Wildman–Crippen LogP) is 5.77. The van der Waals surface area contributed by atoms with Gasteiger partial charge in [-0.25, -0.2) is 19.2 Å². The largest absolute Gasteiger partial charge is 0.494 e. The number of rotatable bonds is 10. The summed E-state index contributed by atoms with van der Waals surface area (Å²) in [5.41, 5.74) is 3.38. The van der Waals surface area contributed by atoms with Crippen LogP contribution in [-0.4, -0.2) is 65.4 Å². The van der Waals surface area contributed by atoms with E-state index in [4.69, 9.17) is 40.5 Å². The second-order valence-corrected chi connectivity index (χ2v) is 11.4. The Morgan fingerprint density at radius 3 is 2.60 bits per heavy atom. The molecule has 4 aromatic rings. The lowest BCUT2D eigenvalue weighted by Gasteiger charge is -2.32. The third kappa shape index (κ3) is 6.46. The van der Waals surface area contributed by atoms with Crippen LogP contribution in [0, 0.1) is 5.82 Å². The van der Waals surface area contributed by atoms with Gasteiger partial charge in [-0.15, -0.1) is 0 Å². The summed E-state index contributed by atoms with van der Waals surface area (Å²) in [5.74, 6) is 1.40. The van der Waals surface area contributed by atoms with Gasteiger partial charge < -0.3 is 23.5 Å². The maximum Gasteiger partial charge on any atom is 0.338 e. The number of esters is 1. The van der Waals surface area contributed by atoms with E-state index in [-0.39, 0.29) is 18.6 Å². The molecule has 0 aliphatic carbocycles. The number of nitrogens with zero attached hydrogens (tertiary/aromatic N) is 4. The Morgan fingerprint density at radius 1 is 1.09 bits per heavy atom. The lowest BCUT2D eigenvalue weighted by Crippen LogP contribution is -2.35. The van der Waals surface area contributed by atoms with Gasteiger partial charge in [0.1, 0.15) is 29.5 Å². The zero-order valence-electron chi connectivity index (χ0n) is 24.2. The predicted molar refractivity (Wildman–Crippen MR) is 159 cm³/mol. The van der Waals surface area contributed by atoms with Crippen LogP contribution >= 0.6 is 11.6 Å². The van der Waals surface area contributed by atoms with E-state index < -0.39 is 11.8 Å². The number of imidazole rings is 1. The van der Waals surface area contributed by atoms with E-state index in [1.165, 1.54) is 13.2 Å². The van der Waals surface area contributed by atoms with Crippen LogP contribution in [0.2, 0.25) is 5.02 Å². The summed E-state index contributed by atoms with van der Waals surface area (Å²) in [6.45, 7) is 3.91. The highest BCUT2D eigenvalue weighted by Crippen LogP contribution is 2.32. The number of piperidine rings is 1. The van der Waals surface area contributed by atoms with Crippen molar-refractivity contribution in [3.05, 3.63) is 82.0 Å². The Labute approximate surface area is 254 Å². The van der Waals surface area contributed by atoms with Crippen molar-refractivity contribution < 1.29 is 28.1 Å². The summed E-state index contributed by atoms with van der Waals surface area (Å²) in [6.07, 6.45) is 2.98. The molecule has 2 saturated heterocycles. The number of halogens is 2. The number of hydrogen-bond donors (Lipinski definition) is 0. The Hall–Kier alpha value is -3.73. The average molecular weight is 609 g/mol. The number of carbonyl (C=O) groups is 1. The molecular weight excluding hydrogens is 575 g/mol. The van der Waals surface area contributed by atoms with Crippen LogP contribution < -0.4 is 9.47 Å². The highest BCUT2D eigenvalue weighted by molar-refractivity contribution is 6.30. The van der Waals surface area contributed by atoms with Crippen LogP contribution in [0.15, 0.2) is 48.5 Å². The lowest BCUT2D eigenvalue weighted by molar-refractivity contribution is -0.0592. The van der Waals surface area contributed by atoms with Crippen molar-refractivity contribution in [2.24, 2.45) is 0 Å². The normalized spacial score (nSPS) is 17.5. The van der Waals surface area contributed by atoms with Crippen LogP contribution in [0.25, 0.3) is 11.0 Å². The Kier molecular flexibility index (Phi) is 8.78. The van der Waals surface area contributed by atoms with Crippen molar-refractivity contribution in [1.82, 2.24) is 19.4 Å². The number of benzene rings is 2. The van der Waals surface area contributed by atoms with Gasteiger partial charge in [-0.3, -0.25) is 4.90 Å². The molecule has 0 bridgehead atoms. The summed E-state index contributed by atoms with van der Waals surface area (Å²) < 4.78 is 38.5. The SMILES string of the molecule is COC(=O)c1cc(OC)c2nc(CN3CCC(c4cccc(OCc5ccc(Cl)cc5F)n4)CC3)n(C[C@@H]3CCO3)c2c1. The van der Waals surface area contributed by atoms with Crippen molar-refractivity contribution in [2.45, 2.75) is 51.0 Å². The number of ether oxygens (including phenoxy) is 4. The van der Waals surface area contributed by atoms with E-state index in [0.717, 1.165) is 61.5 Å². The first-order valence-electron chi connectivity index (χ1n) is 14.4. The molecule has 4 heterocycles. The topological polar surface area (TPSA) is 87.9 Å². The van der Waals surface area contributed by atoms with Crippen molar-refractivity contribution in [2.75, 3.05) is 33.9 Å². The van der Waals surface area contributed by atoms with Crippen molar-refractivity contribution in [3.8, 4) is 11.6 Å². The van der Waals surface area contributed by atoms with Gasteiger partial charge in [0, 0.05) is 34.9 Å². The number of methoxy groups -OCH3 is 2. The quantitative estimate of drug-likeness (QED) is 0.210. The smallest absolute Gasteiger partial charge is 0.338 e. The lowest BCUT2D eigenvalue weighted by atomic mass is 9.93. The molecule has 2 aliphatic heterocycles. The zero-order chi connectivity index (χ0) is 29.9. The molecule has 2 fully saturated rings. The van der Waals surface area contributed by atoms with Gasteiger partial charge in [-0.1, -0.05) is 23.7 Å². The first-order valence-corrected chi connectivity index (χ1v) is 14.8. The second kappa shape index (κ2) is 12.9. The fraction of sp³-hybridized carbons (Fsp3) is 0.406. The first-order chi connectivity index (χ1) is 20.9. The van der Waals surface area contributed by atoms with Gasteiger partial charge in [-0.2, -0.15) is 0 Å². The minimum absolute atomic E-state index is 0.0801. The van der Waals surface area contributed by atoms with Gasteiger partial charge in [0.05, 0.1) is 44.5 Å². The molecule has 2 aromatic carbocycles. The summed E-state index contributed by atoms with van der Waals surface area (Å²) in [6, 6.07) is 13.8. The number of likely N-dealkylation sites (tertiary alicyclic amines) is 1. The third-order valence-corrected chi connectivity index (χ3v) is 8.46. The van der Waals surface area contributed by atoms with Gasteiger partial charge in [0.2, 0.25) is 5.88 Å². The average Bonchev–Trinajstić information content (AvgIpc) is 3.34. The van der Waals surface area contributed by atoms with E-state index in [9.17, 15) is 9.18 Å². The molecule has 2 aromatic heterocycles. The summed E-state index contributed by atoms with van der Waals surface area (Å²) in [7, 11) is 2.95. The maximum absolute atomic E-state index is 14.2. The van der Waals surface area contributed by atoms with Crippen molar-refractivity contribution in [3.63, 3.8) is 0 Å². The summed E-state index contributed by atoms with van der Waals surface area (Å²) >= 11 is 5.86. The van der Waals surface area contributed by atoms with Crippen LogP contribution in [0.4, 0.5) is 4.39 Å². The molecule has 0 saturated carbocycles. The number of fused-ring (bicyclic) bond motifs is 1. The van der Waals surface area contributed by atoms with E-state index in [1.807, 2.05) is 18.2 Å². The molecule has 11 heteroatoms. The zero-order valence-corrected chi connectivity index (χ0v) is 25.0. The number of carbonyl (C=O) groups excluding carboxylic acids is 1. The molecule has 0 unspecified atom stereocenters. The number of pyridine rings is 1. The second-order valence-electron chi connectivity index (χ2n) is 10.9. The fourth-order valence-corrected chi connectivity index (χ4v) is 5.86. The standard InChI is InChI=1S/C32H34ClFN4O5/c1-40-28-15-22(32(39)41-2)14-27-31(28)36-29(38(27)17-24-10-13-42-24)18-37-11-8-20(9-12-37)26-4-3-5-30(35-26)43-19-21-6-7-23(33)16-25(21)34/h3-7,14-16,20,24H,8-13,17-19H2,1-2H3/t24-/m0/s1. The van der Waals surface area contributed by atoms with Crippen LogP contribution in [0.5, 0.6) is 11.6 Å². The molecular formula is C32H34ClFN4O5. The summed E-state index contributed by atoms with van der Waals surface area (Å²) in [4.78, 5) is 24.5. The minimum Gasteiger partial charge on any atom is -0.494 e. The first kappa shape index (κ1) is 29.3. The minimum atomic E-state index is -0.420. The molecule has 226 valence electrons. The fourth-order valence-electron chi connectivity index (χ4n) is 5.70. The summed E-state index contributed by atoms with van der Waals surface area (Å²) in [5, 5.41) is 0.352. The molecule has 9 nitrogen and oxygen atoms in total. The molecule has 2 aliphatic rings. The molecule has 1 atom stereocenters.